The molecule has 0 N–H and O–H groups in total. The molecule has 2 fully saturated rings. The van der Waals surface area contributed by atoms with Gasteiger partial charge in [0.05, 0.1) is 13.2 Å². The molecule has 0 bridgehead atoms. The lowest BCUT2D eigenvalue weighted by molar-refractivity contribution is -0.184. The molecule has 2 aliphatic rings. The second-order valence-electron chi connectivity index (χ2n) is 6.21. The van der Waals surface area contributed by atoms with Crippen molar-refractivity contribution in [2.75, 3.05) is 13.2 Å². The maximum absolute atomic E-state index is 5.82. The molecule has 0 amide bonds. The number of hydrogen-bond donors (Lipinski definition) is 0. The molecule has 3 heteroatoms. The monoisotopic (exact) mass is 279 g/mol. The van der Waals surface area contributed by atoms with E-state index < -0.39 is 0 Å². The average Bonchev–Trinajstić information content (AvgIpc) is 2.87. The van der Waals surface area contributed by atoms with Crippen molar-refractivity contribution in [1.29, 1.82) is 0 Å². The highest BCUT2D eigenvalue weighted by molar-refractivity contribution is 5.08. The minimum atomic E-state index is -0.258. The van der Waals surface area contributed by atoms with E-state index in [1.165, 1.54) is 5.70 Å². The van der Waals surface area contributed by atoms with Gasteiger partial charge in [-0.25, -0.2) is 0 Å². The van der Waals surface area contributed by atoms with Gasteiger partial charge in [-0.1, -0.05) is 20.1 Å². The Bertz CT molecular complexity index is 361. The Morgan fingerprint density at radius 1 is 1.25 bits per heavy atom. The molecule has 1 saturated carbocycles. The molecular weight excluding hydrogens is 250 g/mol. The van der Waals surface area contributed by atoms with Crippen LogP contribution in [0.25, 0.3) is 0 Å². The van der Waals surface area contributed by atoms with Gasteiger partial charge in [0.1, 0.15) is 0 Å². The summed E-state index contributed by atoms with van der Waals surface area (Å²) in [7, 11) is 0. The summed E-state index contributed by atoms with van der Waals surface area (Å²) in [4.78, 5) is 2.32. The maximum Gasteiger partial charge on any atom is 0.168 e. The van der Waals surface area contributed by atoms with E-state index in [0.717, 1.165) is 51.0 Å². The summed E-state index contributed by atoms with van der Waals surface area (Å²) in [5.41, 5.74) is 2.26. The Balaban J connectivity index is 1.97. The Labute approximate surface area is 123 Å². The molecule has 3 nitrogen and oxygen atoms in total. The van der Waals surface area contributed by atoms with Gasteiger partial charge in [-0.2, -0.15) is 0 Å². The molecule has 0 aromatic heterocycles. The summed E-state index contributed by atoms with van der Waals surface area (Å²) in [5.74, 6) is 0.403. The summed E-state index contributed by atoms with van der Waals surface area (Å²) in [6.45, 7) is 16.4. The van der Waals surface area contributed by atoms with Crippen LogP contribution in [0.2, 0.25) is 0 Å². The van der Waals surface area contributed by atoms with Crippen molar-refractivity contribution in [3.05, 3.63) is 24.6 Å². The fraction of sp³-hybridized carbons (Fsp3) is 0.765. The first-order valence-electron chi connectivity index (χ1n) is 7.89. The van der Waals surface area contributed by atoms with Crippen LogP contribution < -0.4 is 0 Å². The molecule has 1 saturated heterocycles. The van der Waals surface area contributed by atoms with Crippen molar-refractivity contribution in [1.82, 2.24) is 4.90 Å². The Hall–Kier alpha value is -0.800. The number of nitrogens with zero attached hydrogens (tertiary/aromatic N) is 1. The van der Waals surface area contributed by atoms with Crippen LogP contribution >= 0.6 is 0 Å². The second kappa shape index (κ2) is 6.31. The first-order chi connectivity index (χ1) is 9.49. The van der Waals surface area contributed by atoms with Crippen LogP contribution in [-0.4, -0.2) is 29.9 Å². The van der Waals surface area contributed by atoms with E-state index in [0.29, 0.717) is 12.0 Å². The van der Waals surface area contributed by atoms with E-state index >= 15 is 0 Å². The fourth-order valence-electron chi connectivity index (χ4n) is 3.63. The van der Waals surface area contributed by atoms with Crippen molar-refractivity contribution in [3.8, 4) is 0 Å². The smallest absolute Gasteiger partial charge is 0.168 e. The first-order valence-corrected chi connectivity index (χ1v) is 7.89. The highest BCUT2D eigenvalue weighted by atomic mass is 16.7. The molecule has 0 aromatic carbocycles. The summed E-state index contributed by atoms with van der Waals surface area (Å²) < 4.78 is 11.6. The zero-order valence-electron chi connectivity index (χ0n) is 13.3. The van der Waals surface area contributed by atoms with Gasteiger partial charge in [0.2, 0.25) is 0 Å². The Kier molecular flexibility index (Phi) is 4.92. The molecule has 114 valence electrons. The van der Waals surface area contributed by atoms with Crippen molar-refractivity contribution in [2.45, 2.75) is 64.7 Å². The summed E-state index contributed by atoms with van der Waals surface area (Å²) in [6, 6.07) is 0.457. The Morgan fingerprint density at radius 2 is 1.80 bits per heavy atom. The van der Waals surface area contributed by atoms with Crippen LogP contribution in [0.5, 0.6) is 0 Å². The van der Waals surface area contributed by atoms with Gasteiger partial charge in [-0.15, -0.1) is 0 Å². The van der Waals surface area contributed by atoms with Crippen molar-refractivity contribution in [2.24, 2.45) is 5.92 Å². The highest BCUT2D eigenvalue weighted by Crippen LogP contribution is 2.41. The van der Waals surface area contributed by atoms with Gasteiger partial charge in [0.25, 0.3) is 0 Å². The molecule has 1 aliphatic carbocycles. The highest BCUT2D eigenvalue weighted by Gasteiger charge is 2.42. The predicted octanol–water partition coefficient (Wildman–Crippen LogP) is 4.07. The molecule has 2 rings (SSSR count). The molecular formula is C17H29NO2. The number of hydrogen-bond acceptors (Lipinski definition) is 3. The average molecular weight is 279 g/mol. The van der Waals surface area contributed by atoms with E-state index in [1.807, 2.05) is 0 Å². The van der Waals surface area contributed by atoms with Crippen LogP contribution in [-0.2, 0) is 9.47 Å². The zero-order chi connectivity index (χ0) is 14.8. The summed E-state index contributed by atoms with van der Waals surface area (Å²) in [5, 5.41) is 0. The SMILES string of the molecule is C=C(C)N(C(=C)CC)C(C)C1CCC2(CC1)OCCO2. The first kappa shape index (κ1) is 15.6. The Morgan fingerprint density at radius 3 is 2.25 bits per heavy atom. The zero-order valence-corrected chi connectivity index (χ0v) is 13.3. The fourth-order valence-corrected chi connectivity index (χ4v) is 3.63. The third-order valence-corrected chi connectivity index (χ3v) is 4.86. The number of ether oxygens (including phenoxy) is 2. The molecule has 0 radical (unpaired) electrons. The van der Waals surface area contributed by atoms with Gasteiger partial charge in [0.15, 0.2) is 5.79 Å². The van der Waals surface area contributed by atoms with E-state index in [4.69, 9.17) is 9.47 Å². The lowest BCUT2D eigenvalue weighted by Gasteiger charge is -2.42. The molecule has 0 aromatic rings. The van der Waals surface area contributed by atoms with Crippen LogP contribution in [0.1, 0.15) is 52.9 Å². The molecule has 1 heterocycles. The van der Waals surface area contributed by atoms with Gasteiger partial charge in [-0.05, 0) is 39.0 Å². The van der Waals surface area contributed by atoms with Gasteiger partial charge in [0, 0.05) is 30.3 Å². The van der Waals surface area contributed by atoms with Crippen molar-refractivity contribution < 1.29 is 9.47 Å². The molecule has 1 unspecified atom stereocenters. The van der Waals surface area contributed by atoms with E-state index in [-0.39, 0.29) is 5.79 Å². The quantitative estimate of drug-likeness (QED) is 0.757. The van der Waals surface area contributed by atoms with E-state index in [2.05, 4.69) is 38.8 Å². The summed E-state index contributed by atoms with van der Waals surface area (Å²) in [6.07, 6.45) is 5.32. The topological polar surface area (TPSA) is 21.7 Å². The van der Waals surface area contributed by atoms with Crippen molar-refractivity contribution >= 4 is 0 Å². The minimum absolute atomic E-state index is 0.258. The third kappa shape index (κ3) is 3.09. The van der Waals surface area contributed by atoms with Crippen LogP contribution in [0, 0.1) is 5.92 Å². The van der Waals surface area contributed by atoms with E-state index in [9.17, 15) is 0 Å². The van der Waals surface area contributed by atoms with E-state index in [1.54, 1.807) is 0 Å². The molecule has 1 atom stereocenters. The second-order valence-corrected chi connectivity index (χ2v) is 6.21. The van der Waals surface area contributed by atoms with Crippen LogP contribution in [0.4, 0.5) is 0 Å². The van der Waals surface area contributed by atoms with Crippen LogP contribution in [0.3, 0.4) is 0 Å². The standard InChI is InChI=1S/C17H29NO2/c1-6-14(4)18(13(2)3)15(5)16-7-9-17(10-8-16)19-11-12-20-17/h15-16H,2,4,6-12H2,1,3,5H3. The van der Waals surface area contributed by atoms with Gasteiger partial charge in [-0.3, -0.25) is 0 Å². The predicted molar refractivity (Wildman–Crippen MR) is 82.1 cm³/mol. The van der Waals surface area contributed by atoms with Gasteiger partial charge < -0.3 is 14.4 Å². The third-order valence-electron chi connectivity index (χ3n) is 4.86. The summed E-state index contributed by atoms with van der Waals surface area (Å²) >= 11 is 0. The maximum atomic E-state index is 5.82. The lowest BCUT2D eigenvalue weighted by Crippen LogP contribution is -2.42. The number of allylic oxidation sites excluding steroid dienone is 2. The largest absolute Gasteiger partial charge is 0.348 e. The number of rotatable bonds is 5. The molecule has 1 aliphatic heterocycles. The van der Waals surface area contributed by atoms with Gasteiger partial charge >= 0.3 is 0 Å². The van der Waals surface area contributed by atoms with Crippen molar-refractivity contribution in [3.63, 3.8) is 0 Å². The normalized spacial score (nSPS) is 23.8. The molecule has 20 heavy (non-hydrogen) atoms. The minimum Gasteiger partial charge on any atom is -0.348 e. The van der Waals surface area contributed by atoms with Crippen LogP contribution in [0.15, 0.2) is 24.6 Å². The molecule has 1 spiro atoms. The lowest BCUT2D eigenvalue weighted by atomic mass is 9.80.